The summed E-state index contributed by atoms with van der Waals surface area (Å²) >= 11 is 0. The largest absolute Gasteiger partial charge is 0.497 e. The number of nitrogen functional groups attached to an aromatic ring is 1. The van der Waals surface area contributed by atoms with Crippen molar-refractivity contribution in [3.63, 3.8) is 0 Å². The minimum Gasteiger partial charge on any atom is -0.497 e. The molecule has 1 heterocycles. The molecule has 4 nitrogen and oxygen atoms in total. The molecule has 2 rings (SSSR count). The molecule has 0 saturated carbocycles. The van der Waals surface area contributed by atoms with Crippen molar-refractivity contribution in [2.45, 2.75) is 13.3 Å². The van der Waals surface area contributed by atoms with Gasteiger partial charge >= 0.3 is 0 Å². The zero-order valence-electron chi connectivity index (χ0n) is 9.45. The van der Waals surface area contributed by atoms with E-state index in [4.69, 9.17) is 10.5 Å². The third-order valence-corrected chi connectivity index (χ3v) is 2.58. The second-order valence-corrected chi connectivity index (χ2v) is 3.55. The lowest BCUT2D eigenvalue weighted by Gasteiger charge is -2.02. The zero-order valence-corrected chi connectivity index (χ0v) is 9.45. The van der Waals surface area contributed by atoms with Gasteiger partial charge in [0, 0.05) is 5.56 Å². The summed E-state index contributed by atoms with van der Waals surface area (Å²) in [4.78, 5) is 0. The van der Waals surface area contributed by atoms with Crippen LogP contribution in [0.2, 0.25) is 0 Å². The fraction of sp³-hybridized carbons (Fsp3) is 0.250. The Morgan fingerprint density at radius 2 is 2.25 bits per heavy atom. The molecule has 0 aliphatic heterocycles. The first-order chi connectivity index (χ1) is 7.76. The van der Waals surface area contributed by atoms with E-state index in [1.54, 1.807) is 7.11 Å². The number of methoxy groups -OCH3 is 1. The molecule has 84 valence electrons. The van der Waals surface area contributed by atoms with Crippen molar-refractivity contribution in [2.75, 3.05) is 12.8 Å². The first-order valence-electron chi connectivity index (χ1n) is 5.23. The van der Waals surface area contributed by atoms with Gasteiger partial charge in [0.15, 0.2) is 0 Å². The van der Waals surface area contributed by atoms with Gasteiger partial charge in [0.1, 0.15) is 11.4 Å². The van der Waals surface area contributed by atoms with E-state index < -0.39 is 0 Å². The Balaban J connectivity index is 2.45. The lowest BCUT2D eigenvalue weighted by Crippen LogP contribution is -1.91. The summed E-state index contributed by atoms with van der Waals surface area (Å²) in [6, 6.07) is 7.71. The summed E-state index contributed by atoms with van der Waals surface area (Å²) in [7, 11) is 1.64. The molecule has 0 radical (unpaired) electrons. The van der Waals surface area contributed by atoms with Crippen LogP contribution in [0, 0.1) is 0 Å². The standard InChI is InChI=1S/C12H15N3O/c1-3-10-11(13)12(15-14-10)8-5-4-6-9(7-8)16-2/h4-7H,3,13H2,1-2H3,(H,14,15). The summed E-state index contributed by atoms with van der Waals surface area (Å²) in [5, 5.41) is 7.17. The van der Waals surface area contributed by atoms with E-state index >= 15 is 0 Å². The maximum Gasteiger partial charge on any atom is 0.119 e. The van der Waals surface area contributed by atoms with Crippen molar-refractivity contribution in [1.29, 1.82) is 0 Å². The molecule has 0 spiro atoms. The van der Waals surface area contributed by atoms with E-state index in [0.717, 1.165) is 34.8 Å². The van der Waals surface area contributed by atoms with Gasteiger partial charge in [-0.2, -0.15) is 5.10 Å². The third-order valence-electron chi connectivity index (χ3n) is 2.58. The predicted octanol–water partition coefficient (Wildman–Crippen LogP) is 2.23. The summed E-state index contributed by atoms with van der Waals surface area (Å²) in [5.41, 5.74) is 9.44. The second kappa shape index (κ2) is 4.26. The lowest BCUT2D eigenvalue weighted by atomic mass is 10.1. The van der Waals surface area contributed by atoms with Crippen LogP contribution < -0.4 is 10.5 Å². The predicted molar refractivity (Wildman–Crippen MR) is 64.4 cm³/mol. The fourth-order valence-electron chi connectivity index (χ4n) is 1.65. The molecule has 1 aromatic heterocycles. The van der Waals surface area contributed by atoms with Crippen LogP contribution in [-0.2, 0) is 6.42 Å². The topological polar surface area (TPSA) is 63.9 Å². The van der Waals surface area contributed by atoms with Crippen LogP contribution in [0.5, 0.6) is 5.75 Å². The molecule has 0 atom stereocenters. The van der Waals surface area contributed by atoms with Crippen LogP contribution in [0.15, 0.2) is 24.3 Å². The van der Waals surface area contributed by atoms with Crippen LogP contribution in [0.25, 0.3) is 11.3 Å². The number of hydrogen-bond acceptors (Lipinski definition) is 3. The maximum absolute atomic E-state index is 6.00. The van der Waals surface area contributed by atoms with Gasteiger partial charge in [0.25, 0.3) is 0 Å². The van der Waals surface area contributed by atoms with Gasteiger partial charge < -0.3 is 10.5 Å². The summed E-state index contributed by atoms with van der Waals surface area (Å²) in [6.45, 7) is 2.04. The molecule has 3 N–H and O–H groups in total. The second-order valence-electron chi connectivity index (χ2n) is 3.55. The van der Waals surface area contributed by atoms with Crippen molar-refractivity contribution in [1.82, 2.24) is 10.2 Å². The molecule has 0 aliphatic carbocycles. The van der Waals surface area contributed by atoms with Crippen molar-refractivity contribution in [2.24, 2.45) is 0 Å². The Morgan fingerprint density at radius 1 is 1.44 bits per heavy atom. The van der Waals surface area contributed by atoms with E-state index in [-0.39, 0.29) is 0 Å². The highest BCUT2D eigenvalue weighted by atomic mass is 16.5. The Hall–Kier alpha value is -1.97. The highest BCUT2D eigenvalue weighted by molar-refractivity contribution is 5.74. The number of nitrogens with one attached hydrogen (secondary N) is 1. The fourth-order valence-corrected chi connectivity index (χ4v) is 1.65. The first kappa shape index (κ1) is 10.5. The minimum absolute atomic E-state index is 0.718. The number of H-pyrrole nitrogens is 1. The Labute approximate surface area is 94.4 Å². The van der Waals surface area contributed by atoms with Gasteiger partial charge in [-0.1, -0.05) is 19.1 Å². The molecule has 0 amide bonds. The molecule has 16 heavy (non-hydrogen) atoms. The number of rotatable bonds is 3. The molecule has 0 fully saturated rings. The van der Waals surface area contributed by atoms with E-state index in [9.17, 15) is 0 Å². The molecule has 0 saturated heterocycles. The molecule has 4 heteroatoms. The average molecular weight is 217 g/mol. The smallest absolute Gasteiger partial charge is 0.119 e. The van der Waals surface area contributed by atoms with Crippen molar-refractivity contribution in [3.05, 3.63) is 30.0 Å². The zero-order chi connectivity index (χ0) is 11.5. The van der Waals surface area contributed by atoms with E-state index in [2.05, 4.69) is 10.2 Å². The van der Waals surface area contributed by atoms with Gasteiger partial charge in [-0.15, -0.1) is 0 Å². The lowest BCUT2D eigenvalue weighted by molar-refractivity contribution is 0.415. The van der Waals surface area contributed by atoms with Crippen LogP contribution in [0.3, 0.4) is 0 Å². The number of aromatic nitrogens is 2. The van der Waals surface area contributed by atoms with Gasteiger partial charge in [-0.25, -0.2) is 0 Å². The molecular formula is C12H15N3O. The minimum atomic E-state index is 0.718. The van der Waals surface area contributed by atoms with Gasteiger partial charge in [0.2, 0.25) is 0 Å². The number of aromatic amines is 1. The van der Waals surface area contributed by atoms with Crippen molar-refractivity contribution >= 4 is 5.69 Å². The summed E-state index contributed by atoms with van der Waals surface area (Å²) < 4.78 is 5.17. The molecule has 0 unspecified atom stereocenters. The number of nitrogens with two attached hydrogens (primary N) is 1. The molecule has 2 aromatic rings. The van der Waals surface area contributed by atoms with Crippen molar-refractivity contribution < 1.29 is 4.74 Å². The van der Waals surface area contributed by atoms with Crippen LogP contribution in [0.1, 0.15) is 12.6 Å². The Morgan fingerprint density at radius 3 is 2.88 bits per heavy atom. The number of nitrogens with zero attached hydrogens (tertiary/aromatic N) is 1. The Bertz CT molecular complexity index is 491. The maximum atomic E-state index is 6.00. The van der Waals surface area contributed by atoms with Gasteiger partial charge in [-0.3, -0.25) is 5.10 Å². The molecule has 0 bridgehead atoms. The number of benzene rings is 1. The third kappa shape index (κ3) is 1.74. The summed E-state index contributed by atoms with van der Waals surface area (Å²) in [5.74, 6) is 0.804. The molecule has 0 aliphatic rings. The van der Waals surface area contributed by atoms with E-state index in [1.165, 1.54) is 0 Å². The Kier molecular flexibility index (Phi) is 2.81. The number of aryl methyl sites for hydroxylation is 1. The molecule has 1 aromatic carbocycles. The highest BCUT2D eigenvalue weighted by Crippen LogP contribution is 2.28. The number of hydrogen-bond donors (Lipinski definition) is 2. The summed E-state index contributed by atoms with van der Waals surface area (Å²) in [6.07, 6.45) is 0.850. The first-order valence-corrected chi connectivity index (χ1v) is 5.23. The van der Waals surface area contributed by atoms with Crippen LogP contribution in [-0.4, -0.2) is 17.3 Å². The monoisotopic (exact) mass is 217 g/mol. The van der Waals surface area contributed by atoms with Crippen LogP contribution in [0.4, 0.5) is 5.69 Å². The van der Waals surface area contributed by atoms with Crippen molar-refractivity contribution in [3.8, 4) is 17.0 Å². The average Bonchev–Trinajstić information content (AvgIpc) is 2.70. The van der Waals surface area contributed by atoms with E-state index in [1.807, 2.05) is 31.2 Å². The number of anilines is 1. The normalized spacial score (nSPS) is 10.4. The quantitative estimate of drug-likeness (QED) is 0.828. The van der Waals surface area contributed by atoms with Gasteiger partial charge in [-0.05, 0) is 18.6 Å². The number of ether oxygens (including phenoxy) is 1. The van der Waals surface area contributed by atoms with E-state index in [0.29, 0.717) is 0 Å². The molecular weight excluding hydrogens is 202 g/mol. The van der Waals surface area contributed by atoms with Gasteiger partial charge in [0.05, 0.1) is 18.5 Å². The highest BCUT2D eigenvalue weighted by Gasteiger charge is 2.10. The van der Waals surface area contributed by atoms with Crippen LogP contribution >= 0.6 is 0 Å². The SMILES string of the molecule is CCc1[nH]nc(-c2cccc(OC)c2)c1N.